The maximum Gasteiger partial charge on any atom is 0.331 e. The zero-order valence-corrected chi connectivity index (χ0v) is 6.20. The normalized spacial score (nSPS) is 12.2. The van der Waals surface area contributed by atoms with Crippen LogP contribution in [0.2, 0.25) is 0 Å². The van der Waals surface area contributed by atoms with Gasteiger partial charge in [0.2, 0.25) is 0 Å². The number of carboxylic acids is 1. The van der Waals surface area contributed by atoms with Gasteiger partial charge >= 0.3 is 5.97 Å². The van der Waals surface area contributed by atoms with Crippen LogP contribution in [0.5, 0.6) is 0 Å². The average molecular weight is 158 g/mol. The largest absolute Gasteiger partial charge is 0.478 e. The second-order valence-electron chi connectivity index (χ2n) is 2.05. The first-order valence-electron chi connectivity index (χ1n) is 3.12. The number of aliphatic carboxylic acids is 1. The molecule has 0 unspecified atom stereocenters. The molecule has 0 amide bonds. The number of hydrogen-bond acceptors (Lipinski definition) is 3. The molecule has 0 aliphatic carbocycles. The van der Waals surface area contributed by atoms with Gasteiger partial charge in [-0.15, -0.1) is 0 Å². The van der Waals surface area contributed by atoms with Crippen molar-refractivity contribution in [2.75, 3.05) is 6.61 Å². The zero-order valence-electron chi connectivity index (χ0n) is 6.20. The van der Waals surface area contributed by atoms with Crippen molar-refractivity contribution in [3.8, 4) is 0 Å². The average Bonchev–Trinajstić information content (AvgIpc) is 1.98. The summed E-state index contributed by atoms with van der Waals surface area (Å²) in [5, 5.41) is 16.8. The third-order valence-corrected chi connectivity index (χ3v) is 1.33. The van der Waals surface area contributed by atoms with Crippen LogP contribution in [0.3, 0.4) is 0 Å². The van der Waals surface area contributed by atoms with Crippen LogP contribution in [-0.4, -0.2) is 29.1 Å². The van der Waals surface area contributed by atoms with E-state index in [0.717, 1.165) is 0 Å². The first-order valence-corrected chi connectivity index (χ1v) is 3.12. The van der Waals surface area contributed by atoms with Crippen LogP contribution in [0.15, 0.2) is 11.1 Å². The Hall–Kier alpha value is -1.16. The second-order valence-corrected chi connectivity index (χ2v) is 2.05. The summed E-state index contributed by atoms with van der Waals surface area (Å²) in [5.74, 6) is -1.12. The molecule has 0 atom stereocenters. The predicted octanol–water partition coefficient (Wildman–Crippen LogP) is -0.0312. The highest BCUT2D eigenvalue weighted by atomic mass is 16.4. The molecule has 11 heavy (non-hydrogen) atoms. The van der Waals surface area contributed by atoms with E-state index in [2.05, 4.69) is 0 Å². The van der Waals surface area contributed by atoms with Crippen LogP contribution < -0.4 is 0 Å². The maximum atomic E-state index is 10.3. The minimum atomic E-state index is -1.12. The fourth-order valence-corrected chi connectivity index (χ4v) is 0.593. The topological polar surface area (TPSA) is 74.6 Å². The molecule has 62 valence electrons. The number of rotatable bonds is 4. The Kier molecular flexibility index (Phi) is 4.14. The number of carboxylic acid groups (broad SMARTS) is 1. The fraction of sp³-hybridized carbons (Fsp3) is 0.429. The van der Waals surface area contributed by atoms with E-state index in [9.17, 15) is 9.59 Å². The van der Waals surface area contributed by atoms with Gasteiger partial charge in [-0.3, -0.25) is 4.79 Å². The third kappa shape index (κ3) is 2.95. The van der Waals surface area contributed by atoms with Gasteiger partial charge in [0.25, 0.3) is 0 Å². The molecule has 0 heterocycles. The lowest BCUT2D eigenvalue weighted by Crippen LogP contribution is -2.03. The molecule has 0 spiro atoms. The quantitative estimate of drug-likeness (QED) is 0.445. The summed E-state index contributed by atoms with van der Waals surface area (Å²) in [5.41, 5.74) is 0.133. The molecule has 0 aromatic carbocycles. The van der Waals surface area contributed by atoms with Gasteiger partial charge in [0.15, 0.2) is 0 Å². The molecule has 0 radical (unpaired) electrons. The lowest BCUT2D eigenvalue weighted by molar-refractivity contribution is -0.132. The number of carbonyl (C=O) groups is 2. The molecule has 2 N–H and O–H groups in total. The van der Waals surface area contributed by atoms with Gasteiger partial charge < -0.3 is 10.2 Å². The van der Waals surface area contributed by atoms with Gasteiger partial charge in [-0.05, 0) is 13.3 Å². The molecule has 0 fully saturated rings. The van der Waals surface area contributed by atoms with Crippen molar-refractivity contribution in [1.82, 2.24) is 0 Å². The fourth-order valence-electron chi connectivity index (χ4n) is 0.593. The molecule has 0 rings (SSSR count). The SMILES string of the molecule is CC(C(=O)O)=C(C=O)CCO. The van der Waals surface area contributed by atoms with E-state index >= 15 is 0 Å². The summed E-state index contributed by atoms with van der Waals surface area (Å²) in [7, 11) is 0. The van der Waals surface area contributed by atoms with Gasteiger partial charge in [0.05, 0.1) is 0 Å². The molecular weight excluding hydrogens is 148 g/mol. The Morgan fingerprint density at radius 1 is 1.55 bits per heavy atom. The van der Waals surface area contributed by atoms with Crippen LogP contribution in [0.1, 0.15) is 13.3 Å². The highest BCUT2D eigenvalue weighted by molar-refractivity contribution is 5.93. The van der Waals surface area contributed by atoms with E-state index in [4.69, 9.17) is 10.2 Å². The smallest absolute Gasteiger partial charge is 0.331 e. The van der Waals surface area contributed by atoms with Crippen LogP contribution in [0, 0.1) is 0 Å². The van der Waals surface area contributed by atoms with Gasteiger partial charge in [-0.1, -0.05) is 0 Å². The summed E-state index contributed by atoms with van der Waals surface area (Å²) in [4.78, 5) is 20.5. The molecule has 0 saturated heterocycles. The van der Waals surface area contributed by atoms with Crippen LogP contribution >= 0.6 is 0 Å². The molecule has 0 aliphatic rings. The Labute approximate surface area is 64.2 Å². The van der Waals surface area contributed by atoms with Crippen LogP contribution in [0.25, 0.3) is 0 Å². The third-order valence-electron chi connectivity index (χ3n) is 1.33. The number of carbonyl (C=O) groups excluding carboxylic acids is 1. The molecule has 4 nitrogen and oxygen atoms in total. The van der Waals surface area contributed by atoms with Crippen molar-refractivity contribution in [3.05, 3.63) is 11.1 Å². The Morgan fingerprint density at radius 2 is 2.09 bits per heavy atom. The highest BCUT2D eigenvalue weighted by Gasteiger charge is 2.07. The van der Waals surface area contributed by atoms with E-state index in [0.29, 0.717) is 6.29 Å². The van der Waals surface area contributed by atoms with Crippen molar-refractivity contribution in [2.24, 2.45) is 0 Å². The van der Waals surface area contributed by atoms with Gasteiger partial charge in [-0.25, -0.2) is 4.79 Å². The maximum absolute atomic E-state index is 10.3. The highest BCUT2D eigenvalue weighted by Crippen LogP contribution is 2.04. The molecule has 0 aromatic rings. The summed E-state index contributed by atoms with van der Waals surface area (Å²) in [6, 6.07) is 0. The van der Waals surface area contributed by atoms with Gasteiger partial charge in [0.1, 0.15) is 6.29 Å². The Balaban J connectivity index is 4.53. The van der Waals surface area contributed by atoms with Crippen molar-refractivity contribution < 1.29 is 19.8 Å². The lowest BCUT2D eigenvalue weighted by atomic mass is 10.1. The molecule has 0 aromatic heterocycles. The first-order chi connectivity index (χ1) is 5.13. The van der Waals surface area contributed by atoms with E-state index in [-0.39, 0.29) is 24.2 Å². The monoisotopic (exact) mass is 158 g/mol. The van der Waals surface area contributed by atoms with E-state index in [1.54, 1.807) is 0 Å². The summed E-state index contributed by atoms with van der Waals surface area (Å²) in [6.45, 7) is 1.13. The number of aldehydes is 1. The molecule has 0 aliphatic heterocycles. The molecule has 4 heteroatoms. The predicted molar refractivity (Wildman–Crippen MR) is 38.1 cm³/mol. The van der Waals surface area contributed by atoms with Crippen molar-refractivity contribution in [2.45, 2.75) is 13.3 Å². The summed E-state index contributed by atoms with van der Waals surface area (Å²) >= 11 is 0. The minimum absolute atomic E-state index is 0.00551. The Bertz CT molecular complexity index is 193. The summed E-state index contributed by atoms with van der Waals surface area (Å²) < 4.78 is 0. The van der Waals surface area contributed by atoms with Crippen LogP contribution in [0.4, 0.5) is 0 Å². The first kappa shape index (κ1) is 9.84. The minimum Gasteiger partial charge on any atom is -0.478 e. The second kappa shape index (κ2) is 4.62. The number of aliphatic hydroxyl groups excluding tert-OH is 1. The van der Waals surface area contributed by atoms with Crippen molar-refractivity contribution in [1.29, 1.82) is 0 Å². The molecule has 0 saturated carbocycles. The molecule has 0 bridgehead atoms. The van der Waals surface area contributed by atoms with Crippen molar-refractivity contribution >= 4 is 12.3 Å². The van der Waals surface area contributed by atoms with E-state index < -0.39 is 5.97 Å². The Morgan fingerprint density at radius 3 is 2.36 bits per heavy atom. The van der Waals surface area contributed by atoms with Gasteiger partial charge in [-0.2, -0.15) is 0 Å². The lowest BCUT2D eigenvalue weighted by Gasteiger charge is -1.98. The number of hydrogen-bond donors (Lipinski definition) is 2. The zero-order chi connectivity index (χ0) is 8.85. The standard InChI is InChI=1S/C7H10O4/c1-5(7(10)11)6(4-9)2-3-8/h4,8H,2-3H2,1H3,(H,10,11). The molecular formula is C7H10O4. The van der Waals surface area contributed by atoms with Gasteiger partial charge in [0, 0.05) is 17.8 Å². The summed E-state index contributed by atoms with van der Waals surface area (Å²) in [6.07, 6.45) is 0.557. The number of aliphatic hydroxyl groups is 1. The van der Waals surface area contributed by atoms with E-state index in [1.165, 1.54) is 6.92 Å². The van der Waals surface area contributed by atoms with E-state index in [1.807, 2.05) is 0 Å². The van der Waals surface area contributed by atoms with Crippen molar-refractivity contribution in [3.63, 3.8) is 0 Å². The van der Waals surface area contributed by atoms with Crippen LogP contribution in [-0.2, 0) is 9.59 Å².